The van der Waals surface area contributed by atoms with E-state index in [-0.39, 0.29) is 0 Å². The third-order valence-corrected chi connectivity index (χ3v) is 2.66. The first-order valence-electron chi connectivity index (χ1n) is 5.05. The van der Waals surface area contributed by atoms with Crippen molar-refractivity contribution >= 4 is 11.9 Å². The van der Waals surface area contributed by atoms with Gasteiger partial charge in [0.25, 0.3) is 5.91 Å². The Morgan fingerprint density at radius 1 is 1.33 bits per heavy atom. The molecule has 6 heteroatoms. The summed E-state index contributed by atoms with van der Waals surface area (Å²) >= 11 is 0. The predicted octanol–water partition coefficient (Wildman–Crippen LogP) is -1.44. The molecule has 1 heterocycles. The number of aliphatic carboxylic acids is 1. The van der Waals surface area contributed by atoms with Crippen molar-refractivity contribution in [2.45, 2.75) is 13.0 Å². The highest BCUT2D eigenvalue weighted by Crippen LogP contribution is 2.02. The average Bonchev–Trinajstić information content (AvgIpc) is 2.27. The minimum atomic E-state index is -1.42. The van der Waals surface area contributed by atoms with E-state index >= 15 is 0 Å². The summed E-state index contributed by atoms with van der Waals surface area (Å²) in [6.45, 7) is 5.71. The molecule has 1 aliphatic rings. The van der Waals surface area contributed by atoms with Gasteiger partial charge in [-0.1, -0.05) is 6.92 Å². The number of hydrogen-bond acceptors (Lipinski definition) is 4. The van der Waals surface area contributed by atoms with Crippen LogP contribution >= 0.6 is 0 Å². The third kappa shape index (κ3) is 2.90. The van der Waals surface area contributed by atoms with E-state index in [4.69, 9.17) is 10.8 Å². The Labute approximate surface area is 88.6 Å². The van der Waals surface area contributed by atoms with Gasteiger partial charge in [-0.15, -0.1) is 0 Å². The van der Waals surface area contributed by atoms with E-state index in [9.17, 15) is 9.59 Å². The van der Waals surface area contributed by atoms with Gasteiger partial charge >= 0.3 is 5.97 Å². The van der Waals surface area contributed by atoms with Crippen molar-refractivity contribution in [3.8, 4) is 0 Å². The second kappa shape index (κ2) is 5.09. The molecular weight excluding hydrogens is 198 g/mol. The fraction of sp³-hybridized carbons (Fsp3) is 0.778. The van der Waals surface area contributed by atoms with Crippen LogP contribution in [0.4, 0.5) is 0 Å². The second-order valence-electron chi connectivity index (χ2n) is 3.58. The molecule has 1 atom stereocenters. The van der Waals surface area contributed by atoms with Gasteiger partial charge in [0.2, 0.25) is 0 Å². The first-order chi connectivity index (χ1) is 7.06. The van der Waals surface area contributed by atoms with Crippen LogP contribution in [0.2, 0.25) is 0 Å². The molecule has 0 aromatic carbocycles. The monoisotopic (exact) mass is 215 g/mol. The number of piperazine rings is 1. The highest BCUT2D eigenvalue weighted by molar-refractivity contribution is 6.00. The van der Waals surface area contributed by atoms with E-state index < -0.39 is 17.9 Å². The number of amides is 1. The van der Waals surface area contributed by atoms with Gasteiger partial charge in [-0.3, -0.25) is 4.79 Å². The Hall–Kier alpha value is -1.14. The molecule has 1 saturated heterocycles. The quantitative estimate of drug-likeness (QED) is 0.563. The van der Waals surface area contributed by atoms with Gasteiger partial charge in [0.05, 0.1) is 0 Å². The molecule has 1 amide bonds. The van der Waals surface area contributed by atoms with Crippen LogP contribution in [-0.4, -0.2) is 65.5 Å². The first kappa shape index (κ1) is 11.9. The summed E-state index contributed by atoms with van der Waals surface area (Å²) in [4.78, 5) is 25.8. The van der Waals surface area contributed by atoms with Crippen LogP contribution < -0.4 is 5.73 Å². The number of carboxylic acid groups (broad SMARTS) is 1. The minimum absolute atomic E-state index is 0.488. The highest BCUT2D eigenvalue weighted by Gasteiger charge is 2.28. The number of nitrogens with zero attached hydrogens (tertiary/aromatic N) is 2. The van der Waals surface area contributed by atoms with Gasteiger partial charge in [0.1, 0.15) is 0 Å². The van der Waals surface area contributed by atoms with Gasteiger partial charge in [-0.25, -0.2) is 4.79 Å². The van der Waals surface area contributed by atoms with Gasteiger partial charge < -0.3 is 20.6 Å². The van der Waals surface area contributed by atoms with Crippen molar-refractivity contribution in [1.82, 2.24) is 9.80 Å². The lowest BCUT2D eigenvalue weighted by Crippen LogP contribution is -2.55. The van der Waals surface area contributed by atoms with Crippen LogP contribution in [0.1, 0.15) is 6.92 Å². The van der Waals surface area contributed by atoms with Gasteiger partial charge in [-0.05, 0) is 6.54 Å². The number of hydrogen-bond donors (Lipinski definition) is 2. The van der Waals surface area contributed by atoms with Crippen LogP contribution in [0.15, 0.2) is 0 Å². The van der Waals surface area contributed by atoms with Crippen molar-refractivity contribution in [2.24, 2.45) is 5.73 Å². The average molecular weight is 215 g/mol. The van der Waals surface area contributed by atoms with E-state index in [0.717, 1.165) is 19.6 Å². The molecule has 1 fully saturated rings. The lowest BCUT2D eigenvalue weighted by Gasteiger charge is -2.34. The smallest absolute Gasteiger partial charge is 0.330 e. The zero-order valence-electron chi connectivity index (χ0n) is 8.85. The molecule has 0 spiro atoms. The summed E-state index contributed by atoms with van der Waals surface area (Å²) in [5, 5.41) is 8.60. The van der Waals surface area contributed by atoms with Crippen LogP contribution in [0.5, 0.6) is 0 Å². The molecule has 1 aliphatic heterocycles. The summed E-state index contributed by atoms with van der Waals surface area (Å²) in [7, 11) is 0. The second-order valence-corrected chi connectivity index (χ2v) is 3.58. The third-order valence-electron chi connectivity index (χ3n) is 2.66. The highest BCUT2D eigenvalue weighted by atomic mass is 16.4. The lowest BCUT2D eigenvalue weighted by molar-refractivity contribution is -0.147. The number of nitrogens with two attached hydrogens (primary N) is 1. The fourth-order valence-corrected chi connectivity index (χ4v) is 1.59. The van der Waals surface area contributed by atoms with Crippen LogP contribution in [-0.2, 0) is 9.59 Å². The molecule has 0 bridgehead atoms. The fourth-order valence-electron chi connectivity index (χ4n) is 1.59. The van der Waals surface area contributed by atoms with E-state index in [1.807, 2.05) is 0 Å². The lowest BCUT2D eigenvalue weighted by atomic mass is 10.2. The van der Waals surface area contributed by atoms with Crippen LogP contribution in [0.25, 0.3) is 0 Å². The minimum Gasteiger partial charge on any atom is -0.480 e. The zero-order chi connectivity index (χ0) is 11.4. The van der Waals surface area contributed by atoms with E-state index in [0.29, 0.717) is 13.1 Å². The Bertz CT molecular complexity index is 249. The number of carbonyl (C=O) groups excluding carboxylic acids is 1. The number of rotatable bonds is 3. The van der Waals surface area contributed by atoms with Crippen LogP contribution in [0.3, 0.4) is 0 Å². The summed E-state index contributed by atoms with van der Waals surface area (Å²) in [6, 6.07) is -1.42. The molecule has 1 unspecified atom stereocenters. The number of likely N-dealkylation sites (N-methyl/N-ethyl adjacent to an activating group) is 1. The van der Waals surface area contributed by atoms with E-state index in [1.54, 1.807) is 0 Å². The van der Waals surface area contributed by atoms with Crippen molar-refractivity contribution in [3.05, 3.63) is 0 Å². The Kier molecular flexibility index (Phi) is 4.05. The molecule has 3 N–H and O–H groups in total. The van der Waals surface area contributed by atoms with Crippen LogP contribution in [0, 0.1) is 0 Å². The van der Waals surface area contributed by atoms with Gasteiger partial charge in [0, 0.05) is 26.2 Å². The van der Waals surface area contributed by atoms with E-state index in [2.05, 4.69) is 11.8 Å². The standard InChI is InChI=1S/C9H17N3O3/c1-2-11-3-5-12(6-4-11)8(13)7(10)9(14)15/h7H,2-6,10H2,1H3,(H,14,15). The van der Waals surface area contributed by atoms with Crippen molar-refractivity contribution in [1.29, 1.82) is 0 Å². The maximum Gasteiger partial charge on any atom is 0.330 e. The summed E-state index contributed by atoms with van der Waals surface area (Å²) in [5.74, 6) is -1.75. The summed E-state index contributed by atoms with van der Waals surface area (Å²) in [6.07, 6.45) is 0. The molecule has 0 radical (unpaired) electrons. The normalized spacial score (nSPS) is 20.0. The Balaban J connectivity index is 2.46. The molecule has 0 saturated carbocycles. The molecular formula is C9H17N3O3. The molecule has 0 aliphatic carbocycles. The molecule has 1 rings (SSSR count). The topological polar surface area (TPSA) is 86.9 Å². The van der Waals surface area contributed by atoms with E-state index in [1.165, 1.54) is 4.90 Å². The zero-order valence-corrected chi connectivity index (χ0v) is 8.85. The molecule has 86 valence electrons. The van der Waals surface area contributed by atoms with Gasteiger partial charge in [-0.2, -0.15) is 0 Å². The summed E-state index contributed by atoms with van der Waals surface area (Å²) < 4.78 is 0. The molecule has 15 heavy (non-hydrogen) atoms. The Morgan fingerprint density at radius 3 is 2.27 bits per heavy atom. The first-order valence-corrected chi connectivity index (χ1v) is 5.05. The van der Waals surface area contributed by atoms with Crippen molar-refractivity contribution in [2.75, 3.05) is 32.7 Å². The number of carbonyl (C=O) groups is 2. The Morgan fingerprint density at radius 2 is 1.87 bits per heavy atom. The van der Waals surface area contributed by atoms with Crippen molar-refractivity contribution < 1.29 is 14.7 Å². The maximum atomic E-state index is 11.5. The largest absolute Gasteiger partial charge is 0.480 e. The molecule has 0 aromatic heterocycles. The maximum absolute atomic E-state index is 11.5. The molecule has 0 aromatic rings. The predicted molar refractivity (Wildman–Crippen MR) is 54.3 cm³/mol. The summed E-state index contributed by atoms with van der Waals surface area (Å²) in [5.41, 5.74) is 5.25. The SMILES string of the molecule is CCN1CCN(C(=O)C(N)C(=O)O)CC1. The van der Waals surface area contributed by atoms with Gasteiger partial charge in [0.15, 0.2) is 6.04 Å². The molecule has 6 nitrogen and oxygen atoms in total. The van der Waals surface area contributed by atoms with Crippen molar-refractivity contribution in [3.63, 3.8) is 0 Å². The number of carboxylic acids is 1.